The number of amides is 2. The first-order chi connectivity index (χ1) is 14.6. The summed E-state index contributed by atoms with van der Waals surface area (Å²) in [7, 11) is 0. The van der Waals surface area contributed by atoms with E-state index < -0.39 is 0 Å². The molecule has 1 fully saturated rings. The molecule has 4 rings (SSSR count). The second-order valence-corrected chi connectivity index (χ2v) is 7.38. The van der Waals surface area contributed by atoms with Gasteiger partial charge < -0.3 is 9.80 Å². The maximum Gasteiger partial charge on any atom is 0.293 e. The molecule has 0 bridgehead atoms. The van der Waals surface area contributed by atoms with Crippen LogP contribution in [0.1, 0.15) is 28.9 Å². The zero-order valence-electron chi connectivity index (χ0n) is 17.1. The van der Waals surface area contributed by atoms with E-state index in [9.17, 15) is 9.59 Å². The summed E-state index contributed by atoms with van der Waals surface area (Å²) in [6.45, 7) is 3.64. The fraction of sp³-hybridized carbons (Fsp3) is 0.304. The van der Waals surface area contributed by atoms with Gasteiger partial charge in [0.25, 0.3) is 5.91 Å². The minimum Gasteiger partial charge on any atom is -0.339 e. The number of carbonyl (C=O) groups excluding carboxylic acids is 2. The van der Waals surface area contributed by atoms with E-state index in [1.54, 1.807) is 21.4 Å². The van der Waals surface area contributed by atoms with Crippen LogP contribution in [0.25, 0.3) is 5.69 Å². The van der Waals surface area contributed by atoms with Crippen LogP contribution in [-0.4, -0.2) is 62.6 Å². The predicted octanol–water partition coefficient (Wildman–Crippen LogP) is 2.36. The van der Waals surface area contributed by atoms with Crippen LogP contribution in [0.3, 0.4) is 0 Å². The Bertz CT molecular complexity index is 1010. The van der Waals surface area contributed by atoms with Crippen LogP contribution < -0.4 is 0 Å². The highest BCUT2D eigenvalue weighted by atomic mass is 16.2. The lowest BCUT2D eigenvalue weighted by Crippen LogP contribution is -2.50. The predicted molar refractivity (Wildman–Crippen MR) is 113 cm³/mol. The summed E-state index contributed by atoms with van der Waals surface area (Å²) in [5.41, 5.74) is 2.10. The van der Waals surface area contributed by atoms with Crippen LogP contribution in [0.15, 0.2) is 60.7 Å². The lowest BCUT2D eigenvalue weighted by molar-refractivity contribution is -0.130. The first-order valence-corrected chi connectivity index (χ1v) is 10.2. The van der Waals surface area contributed by atoms with Gasteiger partial charge in [0.15, 0.2) is 0 Å². The first kappa shape index (κ1) is 19.8. The Morgan fingerprint density at radius 3 is 2.07 bits per heavy atom. The molecule has 154 valence electrons. The van der Waals surface area contributed by atoms with Crippen molar-refractivity contribution in [2.75, 3.05) is 26.2 Å². The quantitative estimate of drug-likeness (QED) is 0.656. The summed E-state index contributed by atoms with van der Waals surface area (Å²) >= 11 is 0. The molecule has 3 aromatic rings. The summed E-state index contributed by atoms with van der Waals surface area (Å²) in [5, 5.41) is 4.56. The van der Waals surface area contributed by atoms with Crippen molar-refractivity contribution in [3.8, 4) is 5.69 Å². The number of hydrogen-bond donors (Lipinski definition) is 0. The average Bonchev–Trinajstić information content (AvgIpc) is 3.23. The van der Waals surface area contributed by atoms with E-state index in [0.717, 1.165) is 17.9 Å². The first-order valence-electron chi connectivity index (χ1n) is 10.2. The minimum absolute atomic E-state index is 0.0387. The van der Waals surface area contributed by atoms with E-state index in [1.807, 2.05) is 48.5 Å². The number of para-hydroxylation sites is 1. The third-order valence-electron chi connectivity index (χ3n) is 5.36. The molecule has 30 heavy (non-hydrogen) atoms. The summed E-state index contributed by atoms with van der Waals surface area (Å²) in [5.74, 6) is 0.819. The maximum atomic E-state index is 13.0. The molecule has 0 unspecified atom stereocenters. The van der Waals surface area contributed by atoms with E-state index in [1.165, 1.54) is 5.56 Å². The Hall–Kier alpha value is -3.48. The number of carbonyl (C=O) groups is 2. The summed E-state index contributed by atoms with van der Waals surface area (Å²) < 4.78 is 1.77. The molecule has 0 aliphatic carbocycles. The van der Waals surface area contributed by atoms with Gasteiger partial charge in [-0.1, -0.05) is 48.5 Å². The average molecular weight is 403 g/mol. The Morgan fingerprint density at radius 2 is 1.43 bits per heavy atom. The van der Waals surface area contributed by atoms with Gasteiger partial charge in [-0.15, -0.1) is 5.10 Å². The molecule has 2 heterocycles. The maximum absolute atomic E-state index is 13.0. The molecular weight excluding hydrogens is 378 g/mol. The molecular formula is C23H25N5O2. The molecule has 7 nitrogen and oxygen atoms in total. The molecule has 2 aromatic carbocycles. The van der Waals surface area contributed by atoms with Crippen LogP contribution >= 0.6 is 0 Å². The van der Waals surface area contributed by atoms with Crippen LogP contribution in [0.4, 0.5) is 0 Å². The smallest absolute Gasteiger partial charge is 0.293 e. The van der Waals surface area contributed by atoms with Crippen LogP contribution in [0.5, 0.6) is 0 Å². The SMILES string of the molecule is CC(=O)N1CCN(C(=O)c2nc(CCc3ccccc3)n(-c3ccccc3)n2)CC1. The molecule has 1 aromatic heterocycles. The van der Waals surface area contributed by atoms with Crippen molar-refractivity contribution in [2.45, 2.75) is 19.8 Å². The Labute approximate surface area is 175 Å². The monoisotopic (exact) mass is 403 g/mol. The molecule has 0 atom stereocenters. The van der Waals surface area contributed by atoms with E-state index in [0.29, 0.717) is 32.6 Å². The third kappa shape index (κ3) is 4.40. The normalized spacial score (nSPS) is 14.0. The van der Waals surface area contributed by atoms with Crippen molar-refractivity contribution in [3.05, 3.63) is 77.9 Å². The van der Waals surface area contributed by atoms with Gasteiger partial charge in [-0.2, -0.15) is 0 Å². The van der Waals surface area contributed by atoms with Gasteiger partial charge in [0, 0.05) is 39.5 Å². The summed E-state index contributed by atoms with van der Waals surface area (Å²) in [4.78, 5) is 32.7. The van der Waals surface area contributed by atoms with E-state index >= 15 is 0 Å². The minimum atomic E-state index is -0.186. The van der Waals surface area contributed by atoms with Gasteiger partial charge in [0.05, 0.1) is 5.69 Å². The highest BCUT2D eigenvalue weighted by Crippen LogP contribution is 2.14. The number of nitrogens with zero attached hydrogens (tertiary/aromatic N) is 5. The largest absolute Gasteiger partial charge is 0.339 e. The molecule has 0 N–H and O–H groups in total. The Kier molecular flexibility index (Phi) is 5.88. The van der Waals surface area contributed by atoms with Crippen molar-refractivity contribution in [1.29, 1.82) is 0 Å². The van der Waals surface area contributed by atoms with Crippen molar-refractivity contribution in [2.24, 2.45) is 0 Å². The fourth-order valence-electron chi connectivity index (χ4n) is 3.64. The van der Waals surface area contributed by atoms with Crippen LogP contribution in [0, 0.1) is 0 Å². The second kappa shape index (κ2) is 8.90. The summed E-state index contributed by atoms with van der Waals surface area (Å²) in [6, 6.07) is 20.0. The Balaban J connectivity index is 1.55. The number of aromatic nitrogens is 3. The van der Waals surface area contributed by atoms with Gasteiger partial charge in [-0.05, 0) is 24.1 Å². The fourth-order valence-corrected chi connectivity index (χ4v) is 3.64. The number of piperazine rings is 1. The van der Waals surface area contributed by atoms with Crippen molar-refractivity contribution in [3.63, 3.8) is 0 Å². The highest BCUT2D eigenvalue weighted by Gasteiger charge is 2.27. The van der Waals surface area contributed by atoms with Gasteiger partial charge >= 0.3 is 0 Å². The van der Waals surface area contributed by atoms with Crippen molar-refractivity contribution < 1.29 is 9.59 Å². The van der Waals surface area contributed by atoms with Gasteiger partial charge in [0.1, 0.15) is 5.82 Å². The van der Waals surface area contributed by atoms with Crippen molar-refractivity contribution in [1.82, 2.24) is 24.6 Å². The zero-order chi connectivity index (χ0) is 20.9. The van der Waals surface area contributed by atoms with E-state index in [-0.39, 0.29) is 17.6 Å². The number of rotatable bonds is 5. The zero-order valence-corrected chi connectivity index (χ0v) is 17.1. The van der Waals surface area contributed by atoms with Gasteiger partial charge in [-0.25, -0.2) is 9.67 Å². The number of hydrogen-bond acceptors (Lipinski definition) is 4. The molecule has 1 aliphatic rings. The van der Waals surface area contributed by atoms with E-state index in [4.69, 9.17) is 0 Å². The highest BCUT2D eigenvalue weighted by molar-refractivity contribution is 5.90. The lowest BCUT2D eigenvalue weighted by Gasteiger charge is -2.33. The van der Waals surface area contributed by atoms with Gasteiger partial charge in [-0.3, -0.25) is 9.59 Å². The summed E-state index contributed by atoms with van der Waals surface area (Å²) in [6.07, 6.45) is 1.49. The van der Waals surface area contributed by atoms with Crippen LogP contribution in [-0.2, 0) is 17.6 Å². The standard InChI is InChI=1S/C23H25N5O2/c1-18(29)26-14-16-27(17-15-26)23(30)22-24-21(13-12-19-8-4-2-5-9-19)28(25-22)20-10-6-3-7-11-20/h2-11H,12-17H2,1H3. The number of aryl methyl sites for hydroxylation is 2. The molecule has 0 saturated carbocycles. The third-order valence-corrected chi connectivity index (χ3v) is 5.36. The van der Waals surface area contributed by atoms with Gasteiger partial charge in [0.2, 0.25) is 11.7 Å². The van der Waals surface area contributed by atoms with Crippen LogP contribution in [0.2, 0.25) is 0 Å². The molecule has 7 heteroatoms. The number of benzene rings is 2. The molecule has 0 radical (unpaired) electrons. The Morgan fingerprint density at radius 1 is 0.833 bits per heavy atom. The van der Waals surface area contributed by atoms with Crippen molar-refractivity contribution >= 4 is 11.8 Å². The second-order valence-electron chi connectivity index (χ2n) is 7.38. The molecule has 1 saturated heterocycles. The van der Waals surface area contributed by atoms with E-state index in [2.05, 4.69) is 22.2 Å². The molecule has 0 spiro atoms. The molecule has 1 aliphatic heterocycles. The molecule has 2 amide bonds. The lowest BCUT2D eigenvalue weighted by atomic mass is 10.1. The topological polar surface area (TPSA) is 71.3 Å².